The molecule has 0 saturated heterocycles. The number of carbonyl (C=O) groups is 3. The second-order valence-corrected chi connectivity index (χ2v) is 10.9. The summed E-state index contributed by atoms with van der Waals surface area (Å²) in [5, 5.41) is 3.04. The lowest BCUT2D eigenvalue weighted by atomic mass is 10.2. The van der Waals surface area contributed by atoms with Crippen molar-refractivity contribution >= 4 is 40.9 Å². The summed E-state index contributed by atoms with van der Waals surface area (Å²) >= 11 is 1.15. The van der Waals surface area contributed by atoms with Crippen LogP contribution in [0.4, 0.5) is 11.4 Å². The van der Waals surface area contributed by atoms with Gasteiger partial charge < -0.3 is 10.1 Å². The monoisotopic (exact) mass is 582 g/mol. The van der Waals surface area contributed by atoms with E-state index in [1.165, 1.54) is 28.9 Å². The van der Waals surface area contributed by atoms with Crippen molar-refractivity contribution in [1.29, 1.82) is 0 Å². The Balaban J connectivity index is 1.54. The first-order valence-electron chi connectivity index (χ1n) is 13.5. The lowest BCUT2D eigenvalue weighted by Gasteiger charge is -2.15. The average Bonchev–Trinajstić information content (AvgIpc) is 3.36. The number of nitrogens with zero attached hydrogens (tertiary/aromatic N) is 3. The zero-order valence-corrected chi connectivity index (χ0v) is 24.5. The minimum Gasteiger partial charge on any atom is -0.462 e. The molecule has 1 aromatic heterocycles. The summed E-state index contributed by atoms with van der Waals surface area (Å²) in [4.78, 5) is 55.6. The molecule has 10 heteroatoms. The fourth-order valence-corrected chi connectivity index (χ4v) is 5.46. The van der Waals surface area contributed by atoms with Crippen LogP contribution in [0.25, 0.3) is 5.69 Å². The molecule has 1 N–H and O–H groups in total. The Morgan fingerprint density at radius 3 is 2.17 bits per heavy atom. The number of aryl methyl sites for hydroxylation is 1. The molecule has 0 saturated carbocycles. The van der Waals surface area contributed by atoms with Gasteiger partial charge in [-0.15, -0.1) is 0 Å². The van der Waals surface area contributed by atoms with Gasteiger partial charge in [-0.2, -0.15) is 0 Å². The van der Waals surface area contributed by atoms with Crippen LogP contribution in [0.5, 0.6) is 0 Å². The molecule has 0 bridgehead atoms. The number of hydrogen-bond acceptors (Lipinski definition) is 7. The Hall–Kier alpha value is -4.83. The second-order valence-electron chi connectivity index (χ2n) is 9.81. The molecule has 1 aliphatic rings. The number of rotatable bonds is 9. The highest BCUT2D eigenvalue weighted by Gasteiger charge is 2.41. The van der Waals surface area contributed by atoms with Crippen molar-refractivity contribution in [3.8, 4) is 5.69 Å². The summed E-state index contributed by atoms with van der Waals surface area (Å²) in [6.45, 7) is 5.93. The summed E-state index contributed by atoms with van der Waals surface area (Å²) in [6, 6.07) is 22.9. The molecule has 0 spiro atoms. The predicted octanol–water partition coefficient (Wildman–Crippen LogP) is 5.35. The normalized spacial score (nSPS) is 13.2. The lowest BCUT2D eigenvalue weighted by molar-refractivity contribution is -0.120. The average molecular weight is 583 g/mol. The quantitative estimate of drug-likeness (QED) is 0.210. The van der Waals surface area contributed by atoms with Crippen LogP contribution < -0.4 is 15.8 Å². The Labute approximate surface area is 247 Å². The molecule has 3 aromatic carbocycles. The van der Waals surface area contributed by atoms with Crippen molar-refractivity contribution in [2.45, 2.75) is 32.1 Å². The Morgan fingerprint density at radius 1 is 0.857 bits per heavy atom. The van der Waals surface area contributed by atoms with Crippen LogP contribution in [0.1, 0.15) is 35.0 Å². The molecule has 2 heterocycles. The molecular formula is C32H30N4O5S. The number of imide groups is 1. The summed E-state index contributed by atoms with van der Waals surface area (Å²) < 4.78 is 8.38. The number of esters is 1. The zero-order chi connectivity index (χ0) is 30.0. The predicted molar refractivity (Wildman–Crippen MR) is 163 cm³/mol. The van der Waals surface area contributed by atoms with Crippen LogP contribution in [0, 0.1) is 13.8 Å². The second kappa shape index (κ2) is 12.0. The van der Waals surface area contributed by atoms with Crippen molar-refractivity contribution in [3.05, 3.63) is 117 Å². The molecule has 42 heavy (non-hydrogen) atoms. The summed E-state index contributed by atoms with van der Waals surface area (Å²) in [7, 11) is 1.76. The Morgan fingerprint density at radius 2 is 1.52 bits per heavy atom. The summed E-state index contributed by atoms with van der Waals surface area (Å²) in [5.74, 6) is -1.62. The van der Waals surface area contributed by atoms with Gasteiger partial charge >= 0.3 is 5.97 Å². The first-order chi connectivity index (χ1) is 20.2. The van der Waals surface area contributed by atoms with E-state index in [1.807, 2.05) is 68.4 Å². The van der Waals surface area contributed by atoms with E-state index in [9.17, 15) is 19.2 Å². The molecule has 0 fully saturated rings. The van der Waals surface area contributed by atoms with E-state index in [-0.39, 0.29) is 21.8 Å². The topological polar surface area (TPSA) is 103 Å². The fraction of sp³-hybridized carbons (Fsp3) is 0.188. The maximum atomic E-state index is 13.9. The molecule has 1 aliphatic heterocycles. The summed E-state index contributed by atoms with van der Waals surface area (Å²) in [6.07, 6.45) is 0.695. The SMILES string of the molecule is CCCOC(=O)c1ccc(N2C(=O)C(Nc3c(C)n(C)n(-c4ccccc4)c3=O)=C(Sc3ccc(C)cc3)C2=O)cc1. The van der Waals surface area contributed by atoms with E-state index in [2.05, 4.69) is 5.32 Å². The summed E-state index contributed by atoms with van der Waals surface area (Å²) in [5.41, 5.74) is 2.75. The number of aromatic nitrogens is 2. The lowest BCUT2D eigenvalue weighted by Crippen LogP contribution is -2.32. The molecule has 214 valence electrons. The molecule has 0 unspecified atom stereocenters. The standard InChI is InChI=1S/C32H30N4O5S/c1-5-19-41-32(40)22-13-15-23(16-14-22)35-29(37)27(28(31(35)39)42-25-17-11-20(2)12-18-25)33-26-21(3)34(4)36(30(26)38)24-9-7-6-8-10-24/h6-18,33H,5,19H2,1-4H3. The van der Waals surface area contributed by atoms with Gasteiger partial charge in [-0.25, -0.2) is 14.4 Å². The number of ether oxygens (including phenoxy) is 1. The van der Waals surface area contributed by atoms with Crippen LogP contribution in [0.15, 0.2) is 99.2 Å². The van der Waals surface area contributed by atoms with Gasteiger partial charge in [0.15, 0.2) is 0 Å². The molecule has 4 aromatic rings. The highest BCUT2D eigenvalue weighted by Crippen LogP contribution is 2.38. The van der Waals surface area contributed by atoms with Gasteiger partial charge in [-0.1, -0.05) is 54.6 Å². The van der Waals surface area contributed by atoms with Gasteiger partial charge in [-0.3, -0.25) is 19.1 Å². The number of carbonyl (C=O) groups excluding carboxylic acids is 3. The zero-order valence-electron chi connectivity index (χ0n) is 23.7. The van der Waals surface area contributed by atoms with Crippen molar-refractivity contribution in [2.75, 3.05) is 16.8 Å². The maximum absolute atomic E-state index is 13.9. The molecular weight excluding hydrogens is 552 g/mol. The van der Waals surface area contributed by atoms with Gasteiger partial charge in [-0.05, 0) is 68.8 Å². The van der Waals surface area contributed by atoms with Crippen molar-refractivity contribution in [2.24, 2.45) is 7.05 Å². The van der Waals surface area contributed by atoms with Crippen molar-refractivity contribution < 1.29 is 19.1 Å². The molecule has 2 amide bonds. The van der Waals surface area contributed by atoms with E-state index in [1.54, 1.807) is 18.7 Å². The smallest absolute Gasteiger partial charge is 0.338 e. The van der Waals surface area contributed by atoms with E-state index < -0.39 is 17.8 Å². The van der Waals surface area contributed by atoms with Crippen molar-refractivity contribution in [1.82, 2.24) is 9.36 Å². The molecule has 9 nitrogen and oxygen atoms in total. The minimum absolute atomic E-state index is 0.00280. The van der Waals surface area contributed by atoms with E-state index in [0.717, 1.165) is 27.1 Å². The van der Waals surface area contributed by atoms with E-state index in [0.29, 0.717) is 35.7 Å². The third kappa shape index (κ3) is 5.40. The Bertz CT molecular complexity index is 1750. The molecule has 5 rings (SSSR count). The van der Waals surface area contributed by atoms with Crippen LogP contribution in [-0.4, -0.2) is 33.8 Å². The van der Waals surface area contributed by atoms with Gasteiger partial charge in [0.2, 0.25) is 0 Å². The van der Waals surface area contributed by atoms with Gasteiger partial charge in [0.1, 0.15) is 16.3 Å². The first-order valence-corrected chi connectivity index (χ1v) is 14.3. The third-order valence-electron chi connectivity index (χ3n) is 6.88. The van der Waals surface area contributed by atoms with Gasteiger partial charge in [0, 0.05) is 11.9 Å². The fourth-order valence-electron chi connectivity index (χ4n) is 4.54. The number of thioether (sulfide) groups is 1. The van der Waals surface area contributed by atoms with Crippen LogP contribution in [0.2, 0.25) is 0 Å². The highest BCUT2D eigenvalue weighted by molar-refractivity contribution is 8.04. The van der Waals surface area contributed by atoms with Crippen LogP contribution in [0.3, 0.4) is 0 Å². The van der Waals surface area contributed by atoms with Crippen molar-refractivity contribution in [3.63, 3.8) is 0 Å². The Kier molecular flexibility index (Phi) is 8.17. The highest BCUT2D eigenvalue weighted by atomic mass is 32.2. The van der Waals surface area contributed by atoms with Gasteiger partial charge in [0.05, 0.1) is 29.2 Å². The molecule has 0 radical (unpaired) electrons. The number of anilines is 2. The molecule has 0 atom stereocenters. The van der Waals surface area contributed by atoms with Crippen LogP contribution >= 0.6 is 11.8 Å². The molecule has 0 aliphatic carbocycles. The number of para-hydroxylation sites is 1. The van der Waals surface area contributed by atoms with E-state index >= 15 is 0 Å². The van der Waals surface area contributed by atoms with Gasteiger partial charge in [0.25, 0.3) is 17.4 Å². The largest absolute Gasteiger partial charge is 0.462 e. The number of amides is 2. The number of nitrogens with one attached hydrogen (secondary N) is 1. The first kappa shape index (κ1) is 28.7. The number of benzene rings is 3. The minimum atomic E-state index is -0.607. The van der Waals surface area contributed by atoms with E-state index in [4.69, 9.17) is 4.74 Å². The number of hydrogen-bond donors (Lipinski definition) is 1. The maximum Gasteiger partial charge on any atom is 0.338 e. The third-order valence-corrected chi connectivity index (χ3v) is 7.98. The van der Waals surface area contributed by atoms with Crippen LogP contribution in [-0.2, 0) is 21.4 Å².